The Balaban J connectivity index is 1.88. The van der Waals surface area contributed by atoms with Gasteiger partial charge >= 0.3 is 0 Å². The van der Waals surface area contributed by atoms with Crippen molar-refractivity contribution in [2.75, 3.05) is 18.6 Å². The highest BCUT2D eigenvalue weighted by molar-refractivity contribution is 7.98. The molecule has 0 spiro atoms. The van der Waals surface area contributed by atoms with E-state index >= 15 is 0 Å². The molecule has 1 N–H and O–H groups in total. The highest BCUT2D eigenvalue weighted by Crippen LogP contribution is 2.24. The van der Waals surface area contributed by atoms with Crippen LogP contribution in [0.2, 0.25) is 0 Å². The largest absolute Gasteiger partial charge is 0.314 e. The van der Waals surface area contributed by atoms with Gasteiger partial charge in [0.25, 0.3) is 0 Å². The summed E-state index contributed by atoms with van der Waals surface area (Å²) < 4.78 is 0. The van der Waals surface area contributed by atoms with Gasteiger partial charge in [0.15, 0.2) is 0 Å². The first-order chi connectivity index (χ1) is 6.33. The molecule has 13 heavy (non-hydrogen) atoms. The van der Waals surface area contributed by atoms with E-state index < -0.39 is 0 Å². The van der Waals surface area contributed by atoms with Gasteiger partial charge < -0.3 is 5.32 Å². The van der Waals surface area contributed by atoms with E-state index in [2.05, 4.69) is 18.5 Å². The van der Waals surface area contributed by atoms with Crippen molar-refractivity contribution in [2.45, 2.75) is 45.1 Å². The summed E-state index contributed by atoms with van der Waals surface area (Å²) in [5, 5.41) is 3.66. The molecule has 2 heteroatoms. The Morgan fingerprint density at radius 1 is 1.31 bits per heavy atom. The third-order valence-corrected chi connectivity index (χ3v) is 3.60. The molecule has 0 aromatic carbocycles. The fraction of sp³-hybridized carbons (Fsp3) is 1.00. The number of hydrogen-bond acceptors (Lipinski definition) is 2. The lowest BCUT2D eigenvalue weighted by molar-refractivity contribution is 0.495. The van der Waals surface area contributed by atoms with Crippen molar-refractivity contribution in [3.05, 3.63) is 0 Å². The molecule has 1 saturated carbocycles. The Hall–Kier alpha value is 0.310. The van der Waals surface area contributed by atoms with Gasteiger partial charge in [-0.05, 0) is 56.6 Å². The lowest BCUT2D eigenvalue weighted by atomic mass is 10.1. The predicted molar refractivity (Wildman–Crippen MR) is 62.4 cm³/mol. The molecule has 2 unspecified atom stereocenters. The molecule has 2 atom stereocenters. The Kier molecular flexibility index (Phi) is 5.88. The second kappa shape index (κ2) is 6.72. The number of thioether (sulfide) groups is 1. The van der Waals surface area contributed by atoms with Crippen LogP contribution in [0.3, 0.4) is 0 Å². The van der Waals surface area contributed by atoms with E-state index in [4.69, 9.17) is 0 Å². The first-order valence-corrected chi connectivity index (χ1v) is 6.94. The highest BCUT2D eigenvalue weighted by Gasteiger charge is 2.19. The van der Waals surface area contributed by atoms with Gasteiger partial charge in [-0.2, -0.15) is 11.8 Å². The van der Waals surface area contributed by atoms with E-state index in [0.29, 0.717) is 0 Å². The third kappa shape index (κ3) is 4.92. The maximum atomic E-state index is 3.66. The van der Waals surface area contributed by atoms with Gasteiger partial charge in [0.1, 0.15) is 0 Å². The van der Waals surface area contributed by atoms with Gasteiger partial charge in [-0.1, -0.05) is 6.92 Å². The van der Waals surface area contributed by atoms with Crippen LogP contribution >= 0.6 is 11.8 Å². The first-order valence-electron chi connectivity index (χ1n) is 5.55. The van der Waals surface area contributed by atoms with Crippen LogP contribution in [0.1, 0.15) is 39.0 Å². The monoisotopic (exact) mass is 201 g/mol. The van der Waals surface area contributed by atoms with Crippen molar-refractivity contribution in [1.82, 2.24) is 5.32 Å². The zero-order chi connectivity index (χ0) is 9.52. The van der Waals surface area contributed by atoms with E-state index in [-0.39, 0.29) is 0 Å². The number of rotatable bonds is 6. The second-order valence-corrected chi connectivity index (χ2v) is 5.25. The molecule has 1 nitrogen and oxygen atoms in total. The minimum atomic E-state index is 0.837. The Labute approximate surface area is 87.1 Å². The van der Waals surface area contributed by atoms with Crippen molar-refractivity contribution in [1.29, 1.82) is 0 Å². The van der Waals surface area contributed by atoms with Crippen molar-refractivity contribution in [2.24, 2.45) is 5.92 Å². The number of nitrogens with one attached hydrogen (secondary N) is 1. The quantitative estimate of drug-likeness (QED) is 0.663. The Morgan fingerprint density at radius 3 is 2.77 bits per heavy atom. The topological polar surface area (TPSA) is 12.0 Å². The molecule has 0 bridgehead atoms. The first kappa shape index (κ1) is 11.4. The van der Waals surface area contributed by atoms with Crippen LogP contribution in [-0.2, 0) is 0 Å². The van der Waals surface area contributed by atoms with Crippen LogP contribution in [0.25, 0.3) is 0 Å². The minimum absolute atomic E-state index is 0.837. The summed E-state index contributed by atoms with van der Waals surface area (Å²) in [5.41, 5.74) is 0. The van der Waals surface area contributed by atoms with Gasteiger partial charge in [-0.25, -0.2) is 0 Å². The summed E-state index contributed by atoms with van der Waals surface area (Å²) in [6.07, 6.45) is 9.16. The van der Waals surface area contributed by atoms with Crippen LogP contribution in [-0.4, -0.2) is 24.6 Å². The molecule has 0 saturated heterocycles. The standard InChI is InChI=1S/C11H23NS/c1-10-5-6-11(9-10)12-7-3-4-8-13-2/h10-12H,3-9H2,1-2H3. The van der Waals surface area contributed by atoms with Gasteiger partial charge in [-0.3, -0.25) is 0 Å². The van der Waals surface area contributed by atoms with E-state index in [1.807, 2.05) is 11.8 Å². The SMILES string of the molecule is CSCCCCNC1CCC(C)C1. The lowest BCUT2D eigenvalue weighted by Gasteiger charge is -2.11. The zero-order valence-corrected chi connectivity index (χ0v) is 9.83. The Bertz CT molecular complexity index is 127. The molecule has 1 rings (SSSR count). The maximum absolute atomic E-state index is 3.66. The van der Waals surface area contributed by atoms with E-state index in [1.54, 1.807) is 0 Å². The summed E-state index contributed by atoms with van der Waals surface area (Å²) in [4.78, 5) is 0. The van der Waals surface area contributed by atoms with Crippen LogP contribution < -0.4 is 5.32 Å². The fourth-order valence-electron chi connectivity index (χ4n) is 2.07. The molecule has 0 aromatic rings. The second-order valence-electron chi connectivity index (χ2n) is 4.27. The fourth-order valence-corrected chi connectivity index (χ4v) is 2.56. The lowest BCUT2D eigenvalue weighted by Crippen LogP contribution is -2.27. The summed E-state index contributed by atoms with van der Waals surface area (Å²) in [6.45, 7) is 3.60. The van der Waals surface area contributed by atoms with E-state index in [1.165, 1.54) is 44.4 Å². The van der Waals surface area contributed by atoms with Crippen LogP contribution in [0, 0.1) is 5.92 Å². The maximum Gasteiger partial charge on any atom is 0.00696 e. The average Bonchev–Trinajstić information content (AvgIpc) is 2.51. The smallest absolute Gasteiger partial charge is 0.00696 e. The van der Waals surface area contributed by atoms with Gasteiger partial charge in [-0.15, -0.1) is 0 Å². The average molecular weight is 201 g/mol. The summed E-state index contributed by atoms with van der Waals surface area (Å²) in [5.74, 6) is 2.28. The van der Waals surface area contributed by atoms with Gasteiger partial charge in [0.2, 0.25) is 0 Å². The summed E-state index contributed by atoms with van der Waals surface area (Å²) in [6, 6.07) is 0.837. The Morgan fingerprint density at radius 2 is 2.15 bits per heavy atom. The summed E-state index contributed by atoms with van der Waals surface area (Å²) in [7, 11) is 0. The molecule has 0 aromatic heterocycles. The molecule has 78 valence electrons. The number of hydrogen-bond donors (Lipinski definition) is 1. The van der Waals surface area contributed by atoms with Crippen molar-refractivity contribution < 1.29 is 0 Å². The molecule has 1 fully saturated rings. The van der Waals surface area contributed by atoms with Crippen molar-refractivity contribution in [3.63, 3.8) is 0 Å². The number of unbranched alkanes of at least 4 members (excludes halogenated alkanes) is 1. The van der Waals surface area contributed by atoms with E-state index in [9.17, 15) is 0 Å². The molecule has 1 aliphatic carbocycles. The van der Waals surface area contributed by atoms with Gasteiger partial charge in [0, 0.05) is 6.04 Å². The molecular formula is C11H23NS. The zero-order valence-electron chi connectivity index (χ0n) is 9.01. The van der Waals surface area contributed by atoms with E-state index in [0.717, 1.165) is 12.0 Å². The predicted octanol–water partition coefficient (Wildman–Crippen LogP) is 2.91. The molecule has 0 radical (unpaired) electrons. The van der Waals surface area contributed by atoms with Crippen LogP contribution in [0.5, 0.6) is 0 Å². The normalized spacial score (nSPS) is 28.2. The van der Waals surface area contributed by atoms with Crippen LogP contribution in [0.15, 0.2) is 0 Å². The molecular weight excluding hydrogens is 178 g/mol. The summed E-state index contributed by atoms with van der Waals surface area (Å²) >= 11 is 1.96. The molecule has 0 amide bonds. The van der Waals surface area contributed by atoms with Crippen molar-refractivity contribution in [3.8, 4) is 0 Å². The molecule has 0 heterocycles. The minimum Gasteiger partial charge on any atom is -0.314 e. The highest BCUT2D eigenvalue weighted by atomic mass is 32.2. The molecule has 1 aliphatic rings. The van der Waals surface area contributed by atoms with Gasteiger partial charge in [0.05, 0.1) is 0 Å². The third-order valence-electron chi connectivity index (χ3n) is 2.90. The van der Waals surface area contributed by atoms with Crippen molar-refractivity contribution >= 4 is 11.8 Å². The van der Waals surface area contributed by atoms with Crippen LogP contribution in [0.4, 0.5) is 0 Å². The molecule has 0 aliphatic heterocycles.